The van der Waals surface area contributed by atoms with Gasteiger partial charge in [0.25, 0.3) is 0 Å². The number of thioether (sulfide) groups is 1. The molecule has 0 radical (unpaired) electrons. The van der Waals surface area contributed by atoms with Crippen LogP contribution in [-0.2, 0) is 4.79 Å². The predicted octanol–water partition coefficient (Wildman–Crippen LogP) is 4.95. The lowest BCUT2D eigenvalue weighted by molar-refractivity contribution is -0.129. The molecular formula is C20H21ClFNO3S. The smallest absolute Gasteiger partial charge is 0.233 e. The second-order valence-corrected chi connectivity index (χ2v) is 7.67. The predicted molar refractivity (Wildman–Crippen MR) is 105 cm³/mol. The van der Waals surface area contributed by atoms with Crippen LogP contribution < -0.4 is 9.47 Å². The summed E-state index contributed by atoms with van der Waals surface area (Å²) in [5.74, 6) is 1.33. The fourth-order valence-electron chi connectivity index (χ4n) is 3.28. The molecule has 1 fully saturated rings. The molecule has 0 saturated carbocycles. The molecule has 7 heteroatoms. The van der Waals surface area contributed by atoms with Gasteiger partial charge in [-0.05, 0) is 49.2 Å². The van der Waals surface area contributed by atoms with Crippen LogP contribution in [-0.4, -0.2) is 37.3 Å². The third-order valence-corrected chi connectivity index (χ3v) is 5.89. The van der Waals surface area contributed by atoms with E-state index >= 15 is 0 Å². The average molecular weight is 410 g/mol. The normalized spacial score (nSPS) is 16.4. The van der Waals surface area contributed by atoms with Crippen LogP contribution in [0.15, 0.2) is 41.3 Å². The average Bonchev–Trinajstić information content (AvgIpc) is 3.17. The SMILES string of the molecule is COc1ccc(OC)c(C2CCCN2C(=O)CSc2ccc(F)c(Cl)c2)c1. The zero-order valence-electron chi connectivity index (χ0n) is 15.2. The van der Waals surface area contributed by atoms with Crippen LogP contribution in [0.25, 0.3) is 0 Å². The molecule has 0 N–H and O–H groups in total. The van der Waals surface area contributed by atoms with E-state index in [1.807, 2.05) is 23.1 Å². The Hall–Kier alpha value is -1.92. The number of rotatable bonds is 6. The molecule has 1 aliphatic rings. The van der Waals surface area contributed by atoms with Gasteiger partial charge in [0.1, 0.15) is 17.3 Å². The first kappa shape index (κ1) is 19.8. The van der Waals surface area contributed by atoms with Crippen molar-refractivity contribution < 1.29 is 18.7 Å². The van der Waals surface area contributed by atoms with E-state index in [2.05, 4.69) is 0 Å². The third-order valence-electron chi connectivity index (χ3n) is 4.62. The Bertz CT molecular complexity index is 833. The van der Waals surface area contributed by atoms with Gasteiger partial charge in [0.2, 0.25) is 5.91 Å². The minimum Gasteiger partial charge on any atom is -0.497 e. The maximum Gasteiger partial charge on any atom is 0.233 e. The molecule has 1 saturated heterocycles. The summed E-state index contributed by atoms with van der Waals surface area (Å²) in [5, 5.41) is 0.0626. The fourth-order valence-corrected chi connectivity index (χ4v) is 4.35. The number of carbonyl (C=O) groups is 1. The Morgan fingerprint density at radius 3 is 2.78 bits per heavy atom. The summed E-state index contributed by atoms with van der Waals surface area (Å²) >= 11 is 7.17. The Labute approximate surface area is 167 Å². The van der Waals surface area contributed by atoms with Gasteiger partial charge in [0.05, 0.1) is 31.0 Å². The molecule has 144 valence electrons. The molecule has 1 amide bonds. The highest BCUT2D eigenvalue weighted by Gasteiger charge is 2.32. The summed E-state index contributed by atoms with van der Waals surface area (Å²) < 4.78 is 24.1. The standard InChI is InChI=1S/C20H21ClFNO3S/c1-25-13-5-8-19(26-2)15(10-13)18-4-3-9-23(18)20(24)12-27-14-6-7-17(22)16(21)11-14/h5-8,10-11,18H,3-4,9,12H2,1-2H3. The van der Waals surface area contributed by atoms with E-state index in [0.29, 0.717) is 6.54 Å². The summed E-state index contributed by atoms with van der Waals surface area (Å²) in [6, 6.07) is 10.1. The number of methoxy groups -OCH3 is 2. The number of carbonyl (C=O) groups excluding carboxylic acids is 1. The molecule has 2 aromatic carbocycles. The monoisotopic (exact) mass is 409 g/mol. The molecule has 1 aliphatic heterocycles. The molecule has 2 aromatic rings. The summed E-state index contributed by atoms with van der Waals surface area (Å²) in [7, 11) is 3.24. The van der Waals surface area contributed by atoms with Crippen molar-refractivity contribution in [2.24, 2.45) is 0 Å². The highest BCUT2D eigenvalue weighted by Crippen LogP contribution is 2.39. The maximum atomic E-state index is 13.3. The van der Waals surface area contributed by atoms with Gasteiger partial charge in [-0.1, -0.05) is 11.6 Å². The number of hydrogen-bond acceptors (Lipinski definition) is 4. The zero-order chi connectivity index (χ0) is 19.4. The first-order valence-electron chi connectivity index (χ1n) is 8.62. The molecule has 1 unspecified atom stereocenters. The van der Waals surface area contributed by atoms with E-state index in [4.69, 9.17) is 21.1 Å². The Kier molecular flexibility index (Phi) is 6.50. The number of nitrogens with zero attached hydrogens (tertiary/aromatic N) is 1. The number of ether oxygens (including phenoxy) is 2. The molecule has 3 rings (SSSR count). The van der Waals surface area contributed by atoms with Gasteiger partial charge in [0.15, 0.2) is 0 Å². The van der Waals surface area contributed by atoms with E-state index in [1.165, 1.54) is 17.8 Å². The van der Waals surface area contributed by atoms with Crippen LogP contribution in [0.3, 0.4) is 0 Å². The summed E-state index contributed by atoms with van der Waals surface area (Å²) in [5.41, 5.74) is 0.956. The second-order valence-electron chi connectivity index (χ2n) is 6.22. The van der Waals surface area contributed by atoms with Gasteiger partial charge < -0.3 is 14.4 Å². The molecule has 0 bridgehead atoms. The van der Waals surface area contributed by atoms with E-state index in [1.54, 1.807) is 26.4 Å². The lowest BCUT2D eigenvalue weighted by atomic mass is 10.0. The third kappa shape index (κ3) is 4.50. The van der Waals surface area contributed by atoms with Crippen molar-refractivity contribution in [2.75, 3.05) is 26.5 Å². The van der Waals surface area contributed by atoms with Crippen LogP contribution in [0.1, 0.15) is 24.4 Å². The highest BCUT2D eigenvalue weighted by molar-refractivity contribution is 8.00. The first-order chi connectivity index (χ1) is 13.0. The molecule has 27 heavy (non-hydrogen) atoms. The summed E-state index contributed by atoms with van der Waals surface area (Å²) in [4.78, 5) is 15.5. The van der Waals surface area contributed by atoms with Gasteiger partial charge in [-0.15, -0.1) is 11.8 Å². The summed E-state index contributed by atoms with van der Waals surface area (Å²) in [6.45, 7) is 0.703. The summed E-state index contributed by atoms with van der Waals surface area (Å²) in [6.07, 6.45) is 1.81. The van der Waals surface area contributed by atoms with Crippen molar-refractivity contribution in [1.82, 2.24) is 4.90 Å². The topological polar surface area (TPSA) is 38.8 Å². The lowest BCUT2D eigenvalue weighted by Gasteiger charge is -2.26. The van der Waals surface area contributed by atoms with Crippen LogP contribution in [0.5, 0.6) is 11.5 Å². The maximum absolute atomic E-state index is 13.3. The number of halogens is 2. The number of likely N-dealkylation sites (tertiary alicyclic amines) is 1. The second kappa shape index (κ2) is 8.85. The Morgan fingerprint density at radius 1 is 1.26 bits per heavy atom. The molecule has 0 aliphatic carbocycles. The van der Waals surface area contributed by atoms with Gasteiger partial charge in [0, 0.05) is 17.0 Å². The van der Waals surface area contributed by atoms with Gasteiger partial charge in [-0.25, -0.2) is 4.39 Å². The van der Waals surface area contributed by atoms with Gasteiger partial charge in [-0.2, -0.15) is 0 Å². The molecule has 4 nitrogen and oxygen atoms in total. The zero-order valence-corrected chi connectivity index (χ0v) is 16.8. The van der Waals surface area contributed by atoms with Crippen LogP contribution in [0.2, 0.25) is 5.02 Å². The van der Waals surface area contributed by atoms with Crippen molar-refractivity contribution in [2.45, 2.75) is 23.8 Å². The number of amides is 1. The Balaban J connectivity index is 1.74. The van der Waals surface area contributed by atoms with E-state index in [-0.39, 0.29) is 22.7 Å². The fraction of sp³-hybridized carbons (Fsp3) is 0.350. The minimum atomic E-state index is -0.461. The quantitative estimate of drug-likeness (QED) is 0.632. The van der Waals surface area contributed by atoms with E-state index < -0.39 is 5.82 Å². The molecule has 0 aromatic heterocycles. The van der Waals surface area contributed by atoms with Gasteiger partial charge >= 0.3 is 0 Å². The highest BCUT2D eigenvalue weighted by atomic mass is 35.5. The van der Waals surface area contributed by atoms with Crippen LogP contribution >= 0.6 is 23.4 Å². The molecule has 1 heterocycles. The van der Waals surface area contributed by atoms with Crippen LogP contribution in [0, 0.1) is 5.82 Å². The van der Waals surface area contributed by atoms with Crippen molar-refractivity contribution >= 4 is 29.3 Å². The molecule has 0 spiro atoms. The van der Waals surface area contributed by atoms with Gasteiger partial charge in [-0.3, -0.25) is 4.79 Å². The van der Waals surface area contributed by atoms with Crippen molar-refractivity contribution in [3.8, 4) is 11.5 Å². The molecular weight excluding hydrogens is 389 g/mol. The Morgan fingerprint density at radius 2 is 2.07 bits per heavy atom. The minimum absolute atomic E-state index is 0.0350. The van der Waals surface area contributed by atoms with E-state index in [9.17, 15) is 9.18 Å². The number of benzene rings is 2. The van der Waals surface area contributed by atoms with E-state index in [0.717, 1.165) is 34.8 Å². The van der Waals surface area contributed by atoms with Crippen molar-refractivity contribution in [1.29, 1.82) is 0 Å². The van der Waals surface area contributed by atoms with Crippen molar-refractivity contribution in [3.63, 3.8) is 0 Å². The number of hydrogen-bond donors (Lipinski definition) is 0. The van der Waals surface area contributed by atoms with Crippen molar-refractivity contribution in [3.05, 3.63) is 52.8 Å². The first-order valence-corrected chi connectivity index (χ1v) is 9.99. The molecule has 1 atom stereocenters. The lowest BCUT2D eigenvalue weighted by Crippen LogP contribution is -2.32. The van der Waals surface area contributed by atoms with Crippen LogP contribution in [0.4, 0.5) is 4.39 Å². The largest absolute Gasteiger partial charge is 0.497 e.